The van der Waals surface area contributed by atoms with Crippen molar-refractivity contribution in [2.24, 2.45) is 0 Å². The lowest BCUT2D eigenvalue weighted by molar-refractivity contribution is 0.0419. The first kappa shape index (κ1) is 17.4. The summed E-state index contributed by atoms with van der Waals surface area (Å²) in [6.07, 6.45) is 3.32. The van der Waals surface area contributed by atoms with Crippen LogP contribution in [0.1, 0.15) is 24.2 Å². The molecule has 1 aliphatic heterocycles. The molecule has 0 atom stereocenters. The van der Waals surface area contributed by atoms with E-state index in [-0.39, 0.29) is 12.1 Å². The summed E-state index contributed by atoms with van der Waals surface area (Å²) in [7, 11) is 1.64. The van der Waals surface area contributed by atoms with E-state index in [2.05, 4.69) is 5.32 Å². The van der Waals surface area contributed by atoms with Gasteiger partial charge in [0.15, 0.2) is 0 Å². The molecule has 1 N–H and O–H groups in total. The second kappa shape index (κ2) is 8.58. The lowest BCUT2D eigenvalue weighted by Crippen LogP contribution is -2.47. The van der Waals surface area contributed by atoms with Crippen LogP contribution in [-0.4, -0.2) is 37.3 Å². The SMILES string of the molecule is COc1ccc(CNC(=O)N(Cc2ccco2)C2CCOCC2)cc1. The molecule has 3 rings (SSSR count). The summed E-state index contributed by atoms with van der Waals surface area (Å²) < 4.78 is 16.0. The molecule has 1 aliphatic rings. The molecule has 2 amide bonds. The fourth-order valence-electron chi connectivity index (χ4n) is 2.96. The van der Waals surface area contributed by atoms with Crippen LogP contribution in [0.5, 0.6) is 5.75 Å². The second-order valence-corrected chi connectivity index (χ2v) is 6.06. The van der Waals surface area contributed by atoms with Crippen LogP contribution in [0.3, 0.4) is 0 Å². The number of ether oxygens (including phenoxy) is 2. The highest BCUT2D eigenvalue weighted by Gasteiger charge is 2.26. The fourth-order valence-corrected chi connectivity index (χ4v) is 2.96. The van der Waals surface area contributed by atoms with Crippen molar-refractivity contribution in [3.8, 4) is 5.75 Å². The van der Waals surface area contributed by atoms with Crippen molar-refractivity contribution in [3.63, 3.8) is 0 Å². The molecule has 2 aromatic rings. The highest BCUT2D eigenvalue weighted by molar-refractivity contribution is 5.74. The lowest BCUT2D eigenvalue weighted by Gasteiger charge is -2.33. The average molecular weight is 344 g/mol. The van der Waals surface area contributed by atoms with E-state index in [4.69, 9.17) is 13.9 Å². The van der Waals surface area contributed by atoms with Crippen molar-refractivity contribution < 1.29 is 18.7 Å². The third-order valence-electron chi connectivity index (χ3n) is 4.40. The largest absolute Gasteiger partial charge is 0.497 e. The number of urea groups is 1. The van der Waals surface area contributed by atoms with E-state index in [1.54, 1.807) is 13.4 Å². The zero-order valence-electron chi connectivity index (χ0n) is 14.4. The topological polar surface area (TPSA) is 63.9 Å². The van der Waals surface area contributed by atoms with Crippen LogP contribution in [0.25, 0.3) is 0 Å². The quantitative estimate of drug-likeness (QED) is 0.874. The van der Waals surface area contributed by atoms with Gasteiger partial charge < -0.3 is 24.1 Å². The highest BCUT2D eigenvalue weighted by atomic mass is 16.5. The normalized spacial score (nSPS) is 14.9. The number of hydrogen-bond donors (Lipinski definition) is 1. The Hall–Kier alpha value is -2.47. The molecule has 1 aromatic heterocycles. The first-order valence-electron chi connectivity index (χ1n) is 8.54. The number of carbonyl (C=O) groups is 1. The summed E-state index contributed by atoms with van der Waals surface area (Å²) in [4.78, 5) is 14.6. The Morgan fingerprint density at radius 3 is 2.64 bits per heavy atom. The second-order valence-electron chi connectivity index (χ2n) is 6.06. The molecule has 6 heteroatoms. The van der Waals surface area contributed by atoms with Crippen molar-refractivity contribution in [3.05, 3.63) is 54.0 Å². The van der Waals surface area contributed by atoms with Gasteiger partial charge in [-0.05, 0) is 42.7 Å². The summed E-state index contributed by atoms with van der Waals surface area (Å²) in [6.45, 7) is 2.31. The molecule has 0 unspecified atom stereocenters. The number of carbonyl (C=O) groups excluding carboxylic acids is 1. The molecular weight excluding hydrogens is 320 g/mol. The van der Waals surface area contributed by atoms with Crippen LogP contribution >= 0.6 is 0 Å². The number of furan rings is 1. The van der Waals surface area contributed by atoms with Gasteiger partial charge in [0.1, 0.15) is 11.5 Å². The molecule has 6 nitrogen and oxygen atoms in total. The van der Waals surface area contributed by atoms with Gasteiger partial charge in [-0.3, -0.25) is 0 Å². The van der Waals surface area contributed by atoms with E-state index in [1.807, 2.05) is 41.3 Å². The van der Waals surface area contributed by atoms with Gasteiger partial charge in [-0.2, -0.15) is 0 Å². The Morgan fingerprint density at radius 2 is 2.00 bits per heavy atom. The average Bonchev–Trinajstić information content (AvgIpc) is 3.18. The van der Waals surface area contributed by atoms with Crippen LogP contribution < -0.4 is 10.1 Å². The maximum absolute atomic E-state index is 12.8. The smallest absolute Gasteiger partial charge is 0.318 e. The van der Waals surface area contributed by atoms with Crippen LogP contribution in [-0.2, 0) is 17.8 Å². The monoisotopic (exact) mass is 344 g/mol. The minimum Gasteiger partial charge on any atom is -0.497 e. The van der Waals surface area contributed by atoms with Gasteiger partial charge in [0, 0.05) is 25.8 Å². The van der Waals surface area contributed by atoms with Gasteiger partial charge in [-0.25, -0.2) is 4.79 Å². The van der Waals surface area contributed by atoms with Gasteiger partial charge in [-0.1, -0.05) is 12.1 Å². The van der Waals surface area contributed by atoms with Gasteiger partial charge in [0.2, 0.25) is 0 Å². The van der Waals surface area contributed by atoms with Gasteiger partial charge in [0.25, 0.3) is 0 Å². The molecule has 0 saturated carbocycles. The van der Waals surface area contributed by atoms with Crippen LogP contribution in [0.4, 0.5) is 4.79 Å². The predicted molar refractivity (Wildman–Crippen MR) is 93.3 cm³/mol. The maximum atomic E-state index is 12.8. The molecule has 0 radical (unpaired) electrons. The summed E-state index contributed by atoms with van der Waals surface area (Å²) in [5.74, 6) is 1.59. The number of nitrogens with zero attached hydrogens (tertiary/aromatic N) is 1. The molecule has 0 spiro atoms. The number of methoxy groups -OCH3 is 1. The van der Waals surface area contributed by atoms with E-state index >= 15 is 0 Å². The standard InChI is InChI=1S/C19H24N2O4/c1-23-17-6-4-15(5-7-17)13-20-19(22)21(14-18-3-2-10-25-18)16-8-11-24-12-9-16/h2-7,10,16H,8-9,11-14H2,1H3,(H,20,22). The zero-order valence-corrected chi connectivity index (χ0v) is 14.4. The number of hydrogen-bond acceptors (Lipinski definition) is 4. The summed E-state index contributed by atoms with van der Waals surface area (Å²) in [5.41, 5.74) is 1.03. The fraction of sp³-hybridized carbons (Fsp3) is 0.421. The van der Waals surface area contributed by atoms with E-state index in [0.717, 1.165) is 29.9 Å². The van der Waals surface area contributed by atoms with E-state index in [1.165, 1.54) is 0 Å². The minimum atomic E-state index is -0.0841. The van der Waals surface area contributed by atoms with Gasteiger partial charge in [0.05, 0.1) is 19.9 Å². The van der Waals surface area contributed by atoms with Crippen molar-refractivity contribution in [1.29, 1.82) is 0 Å². The van der Waals surface area contributed by atoms with Crippen LogP contribution in [0, 0.1) is 0 Å². The Balaban J connectivity index is 1.62. The number of amides is 2. The Kier molecular flexibility index (Phi) is 5.95. The molecule has 0 aliphatic carbocycles. The molecule has 1 fully saturated rings. The van der Waals surface area contributed by atoms with Crippen molar-refractivity contribution in [2.45, 2.75) is 32.0 Å². The molecule has 1 saturated heterocycles. The maximum Gasteiger partial charge on any atom is 0.318 e. The molecule has 25 heavy (non-hydrogen) atoms. The Bertz CT molecular complexity index is 649. The van der Waals surface area contributed by atoms with Gasteiger partial charge in [-0.15, -0.1) is 0 Å². The molecule has 134 valence electrons. The van der Waals surface area contributed by atoms with E-state index in [9.17, 15) is 4.79 Å². The molecule has 1 aromatic carbocycles. The first-order valence-corrected chi connectivity index (χ1v) is 8.54. The summed E-state index contributed by atoms with van der Waals surface area (Å²) in [6, 6.07) is 11.5. The number of benzene rings is 1. The Labute approximate surface area is 147 Å². The Morgan fingerprint density at radius 1 is 1.24 bits per heavy atom. The predicted octanol–water partition coefficient (Wildman–Crippen LogP) is 3.18. The molecular formula is C19H24N2O4. The summed E-state index contributed by atoms with van der Waals surface area (Å²) in [5, 5.41) is 3.01. The number of nitrogens with one attached hydrogen (secondary N) is 1. The molecule has 2 heterocycles. The molecule has 0 bridgehead atoms. The zero-order chi connectivity index (χ0) is 17.5. The third kappa shape index (κ3) is 4.76. The van der Waals surface area contributed by atoms with E-state index in [0.29, 0.717) is 26.3 Å². The highest BCUT2D eigenvalue weighted by Crippen LogP contribution is 2.18. The van der Waals surface area contributed by atoms with Crippen molar-refractivity contribution >= 4 is 6.03 Å². The van der Waals surface area contributed by atoms with Crippen LogP contribution in [0.2, 0.25) is 0 Å². The first-order chi connectivity index (χ1) is 12.3. The van der Waals surface area contributed by atoms with Crippen LogP contribution in [0.15, 0.2) is 47.1 Å². The van der Waals surface area contributed by atoms with E-state index < -0.39 is 0 Å². The lowest BCUT2D eigenvalue weighted by atomic mass is 10.1. The number of rotatable bonds is 6. The third-order valence-corrected chi connectivity index (χ3v) is 4.40. The minimum absolute atomic E-state index is 0.0841. The summed E-state index contributed by atoms with van der Waals surface area (Å²) >= 11 is 0. The van der Waals surface area contributed by atoms with Gasteiger partial charge >= 0.3 is 6.03 Å². The van der Waals surface area contributed by atoms with Crippen molar-refractivity contribution in [1.82, 2.24) is 10.2 Å². The van der Waals surface area contributed by atoms with Crippen molar-refractivity contribution in [2.75, 3.05) is 20.3 Å².